The molecule has 0 fully saturated rings. The largest absolute Gasteiger partial charge is 0.495 e. The van der Waals surface area contributed by atoms with Gasteiger partial charge in [-0.15, -0.1) is 0 Å². The molecule has 0 aliphatic carbocycles. The number of ketones is 1. The summed E-state index contributed by atoms with van der Waals surface area (Å²) < 4.78 is 10.4. The molecule has 1 amide bonds. The summed E-state index contributed by atoms with van der Waals surface area (Å²) in [6, 6.07) is 10.1. The molecule has 0 aliphatic rings. The van der Waals surface area contributed by atoms with E-state index < -0.39 is 0 Å². The van der Waals surface area contributed by atoms with Crippen molar-refractivity contribution in [2.24, 2.45) is 0 Å². The minimum atomic E-state index is -0.301. The normalized spacial score (nSPS) is 10.1. The van der Waals surface area contributed by atoms with Crippen molar-refractivity contribution in [3.8, 4) is 11.5 Å². The third-order valence-electron chi connectivity index (χ3n) is 3.49. The van der Waals surface area contributed by atoms with Gasteiger partial charge in [0.05, 0.1) is 37.2 Å². The van der Waals surface area contributed by atoms with Gasteiger partial charge in [0.15, 0.2) is 5.78 Å². The van der Waals surface area contributed by atoms with Crippen LogP contribution in [0.4, 0.5) is 11.4 Å². The SMILES string of the molecule is COc1cc(NCC(=O)Nc2ccccc2C(C)=O)c(OC)cc1Cl. The number of carbonyl (C=O) groups is 2. The standard InChI is InChI=1S/C18H19ClN2O4/c1-11(22)12-6-4-5-7-14(12)21-18(23)10-20-15-9-16(24-2)13(19)8-17(15)25-3/h4-9,20H,10H2,1-3H3,(H,21,23). The van der Waals surface area contributed by atoms with Crippen molar-refractivity contribution in [3.63, 3.8) is 0 Å². The maximum Gasteiger partial charge on any atom is 0.243 e. The highest BCUT2D eigenvalue weighted by molar-refractivity contribution is 6.32. The minimum absolute atomic E-state index is 0.0205. The fraction of sp³-hybridized carbons (Fsp3) is 0.222. The number of para-hydroxylation sites is 1. The zero-order valence-electron chi connectivity index (χ0n) is 14.2. The first-order valence-corrected chi connectivity index (χ1v) is 7.89. The molecular weight excluding hydrogens is 344 g/mol. The van der Waals surface area contributed by atoms with E-state index in [1.165, 1.54) is 21.1 Å². The first-order valence-electron chi connectivity index (χ1n) is 7.51. The lowest BCUT2D eigenvalue weighted by molar-refractivity contribution is -0.114. The van der Waals surface area contributed by atoms with E-state index in [-0.39, 0.29) is 18.2 Å². The van der Waals surface area contributed by atoms with E-state index in [0.29, 0.717) is 33.5 Å². The molecule has 0 atom stereocenters. The number of amides is 1. The molecule has 0 saturated heterocycles. The van der Waals surface area contributed by atoms with Gasteiger partial charge in [0.25, 0.3) is 0 Å². The summed E-state index contributed by atoms with van der Waals surface area (Å²) in [4.78, 5) is 23.8. The summed E-state index contributed by atoms with van der Waals surface area (Å²) in [6.45, 7) is 1.43. The highest BCUT2D eigenvalue weighted by atomic mass is 35.5. The van der Waals surface area contributed by atoms with Gasteiger partial charge in [-0.3, -0.25) is 9.59 Å². The molecule has 2 N–H and O–H groups in total. The van der Waals surface area contributed by atoms with Gasteiger partial charge in [0, 0.05) is 17.7 Å². The van der Waals surface area contributed by atoms with Crippen LogP contribution in [0, 0.1) is 0 Å². The second kappa shape index (κ2) is 8.39. The predicted octanol–water partition coefficient (Wildman–Crippen LogP) is 3.61. The lowest BCUT2D eigenvalue weighted by atomic mass is 10.1. The number of Topliss-reactive ketones (excluding diaryl/α,β-unsaturated/α-hetero) is 1. The van der Waals surface area contributed by atoms with Crippen LogP contribution in [0.1, 0.15) is 17.3 Å². The van der Waals surface area contributed by atoms with E-state index in [4.69, 9.17) is 21.1 Å². The summed E-state index contributed by atoms with van der Waals surface area (Å²) in [7, 11) is 3.01. The van der Waals surface area contributed by atoms with Crippen LogP contribution in [0.5, 0.6) is 11.5 Å². The summed E-state index contributed by atoms with van der Waals surface area (Å²) in [5, 5.41) is 6.10. The molecule has 0 bridgehead atoms. The predicted molar refractivity (Wildman–Crippen MR) is 98.1 cm³/mol. The molecule has 0 aromatic heterocycles. The van der Waals surface area contributed by atoms with Crippen LogP contribution >= 0.6 is 11.6 Å². The van der Waals surface area contributed by atoms with E-state index in [1.54, 1.807) is 36.4 Å². The fourth-order valence-corrected chi connectivity index (χ4v) is 2.50. The van der Waals surface area contributed by atoms with Crippen LogP contribution in [0.3, 0.4) is 0 Å². The Kier molecular flexibility index (Phi) is 6.25. The third kappa shape index (κ3) is 4.64. The number of methoxy groups -OCH3 is 2. The topological polar surface area (TPSA) is 76.7 Å². The number of nitrogens with one attached hydrogen (secondary N) is 2. The Bertz CT molecular complexity index is 793. The lowest BCUT2D eigenvalue weighted by Crippen LogP contribution is -2.23. The molecule has 132 valence electrons. The van der Waals surface area contributed by atoms with Gasteiger partial charge >= 0.3 is 0 Å². The van der Waals surface area contributed by atoms with E-state index in [2.05, 4.69) is 10.6 Å². The lowest BCUT2D eigenvalue weighted by Gasteiger charge is -2.14. The van der Waals surface area contributed by atoms with Crippen LogP contribution < -0.4 is 20.1 Å². The van der Waals surface area contributed by atoms with Gasteiger partial charge in [-0.05, 0) is 19.1 Å². The number of halogens is 1. The highest BCUT2D eigenvalue weighted by Crippen LogP contribution is 2.35. The van der Waals surface area contributed by atoms with Crippen molar-refractivity contribution in [2.75, 3.05) is 31.4 Å². The van der Waals surface area contributed by atoms with Crippen molar-refractivity contribution in [2.45, 2.75) is 6.92 Å². The van der Waals surface area contributed by atoms with Crippen molar-refractivity contribution >= 4 is 34.7 Å². The molecule has 0 aliphatic heterocycles. The fourth-order valence-electron chi connectivity index (χ4n) is 2.27. The number of anilines is 2. The van der Waals surface area contributed by atoms with E-state index in [0.717, 1.165) is 0 Å². The molecule has 2 aromatic rings. The Labute approximate surface area is 151 Å². The minimum Gasteiger partial charge on any atom is -0.495 e. The van der Waals surface area contributed by atoms with Crippen molar-refractivity contribution < 1.29 is 19.1 Å². The first kappa shape index (κ1) is 18.6. The summed E-state index contributed by atoms with van der Waals surface area (Å²) >= 11 is 6.05. The van der Waals surface area contributed by atoms with Crippen LogP contribution in [-0.4, -0.2) is 32.5 Å². The number of benzene rings is 2. The first-order chi connectivity index (χ1) is 12.0. The molecular formula is C18H19ClN2O4. The van der Waals surface area contributed by atoms with Gasteiger partial charge in [-0.2, -0.15) is 0 Å². The summed E-state index contributed by atoms with van der Waals surface area (Å²) in [6.07, 6.45) is 0. The van der Waals surface area contributed by atoms with Crippen LogP contribution in [-0.2, 0) is 4.79 Å². The van der Waals surface area contributed by atoms with E-state index in [9.17, 15) is 9.59 Å². The second-order valence-corrected chi connectivity index (χ2v) is 5.60. The number of hydrogen-bond donors (Lipinski definition) is 2. The van der Waals surface area contributed by atoms with Gasteiger partial charge in [0.2, 0.25) is 5.91 Å². The second-order valence-electron chi connectivity index (χ2n) is 5.19. The van der Waals surface area contributed by atoms with Gasteiger partial charge in [-0.1, -0.05) is 23.7 Å². The number of ether oxygens (including phenoxy) is 2. The number of hydrogen-bond acceptors (Lipinski definition) is 5. The summed E-state index contributed by atoms with van der Waals surface area (Å²) in [5.74, 6) is 0.535. The molecule has 2 rings (SSSR count). The Balaban J connectivity index is 2.09. The van der Waals surface area contributed by atoms with Gasteiger partial charge in [0.1, 0.15) is 11.5 Å². The zero-order chi connectivity index (χ0) is 18.4. The Hall–Kier alpha value is -2.73. The highest BCUT2D eigenvalue weighted by Gasteiger charge is 2.13. The van der Waals surface area contributed by atoms with Gasteiger partial charge in [-0.25, -0.2) is 0 Å². The van der Waals surface area contributed by atoms with E-state index in [1.807, 2.05) is 0 Å². The van der Waals surface area contributed by atoms with Crippen LogP contribution in [0.15, 0.2) is 36.4 Å². The van der Waals surface area contributed by atoms with Crippen molar-refractivity contribution in [3.05, 3.63) is 47.0 Å². The van der Waals surface area contributed by atoms with E-state index >= 15 is 0 Å². The smallest absolute Gasteiger partial charge is 0.243 e. The molecule has 2 aromatic carbocycles. The molecule has 0 unspecified atom stereocenters. The quantitative estimate of drug-likeness (QED) is 0.736. The number of rotatable bonds is 7. The monoisotopic (exact) mass is 362 g/mol. The average Bonchev–Trinajstić information content (AvgIpc) is 2.60. The maximum absolute atomic E-state index is 12.2. The maximum atomic E-state index is 12.2. The van der Waals surface area contributed by atoms with Crippen molar-refractivity contribution in [1.29, 1.82) is 0 Å². The molecule has 0 heterocycles. The Morgan fingerprint density at radius 1 is 1.04 bits per heavy atom. The molecule has 25 heavy (non-hydrogen) atoms. The van der Waals surface area contributed by atoms with Gasteiger partial charge < -0.3 is 20.1 Å². The molecule has 0 saturated carbocycles. The molecule has 0 spiro atoms. The Morgan fingerprint density at radius 3 is 2.36 bits per heavy atom. The molecule has 7 heteroatoms. The number of carbonyl (C=O) groups excluding carboxylic acids is 2. The average molecular weight is 363 g/mol. The van der Waals surface area contributed by atoms with Crippen LogP contribution in [0.2, 0.25) is 5.02 Å². The molecule has 6 nitrogen and oxygen atoms in total. The third-order valence-corrected chi connectivity index (χ3v) is 3.79. The van der Waals surface area contributed by atoms with Crippen molar-refractivity contribution in [1.82, 2.24) is 0 Å². The van der Waals surface area contributed by atoms with Crippen LogP contribution in [0.25, 0.3) is 0 Å². The zero-order valence-corrected chi connectivity index (χ0v) is 14.9. The summed E-state index contributed by atoms with van der Waals surface area (Å²) in [5.41, 5.74) is 1.50. The molecule has 0 radical (unpaired) electrons. The Morgan fingerprint density at radius 2 is 1.72 bits per heavy atom.